The average molecular weight is 128 g/mol. The van der Waals surface area contributed by atoms with Gasteiger partial charge >= 0.3 is 0 Å². The molecule has 0 radical (unpaired) electrons. The first-order chi connectivity index (χ1) is 4.33. The molecule has 3 N–H and O–H groups in total. The number of rotatable bonds is 4. The van der Waals surface area contributed by atoms with Crippen molar-refractivity contribution in [2.75, 3.05) is 13.1 Å². The third-order valence-electron chi connectivity index (χ3n) is 1.81. The van der Waals surface area contributed by atoms with Crippen molar-refractivity contribution in [2.24, 2.45) is 11.7 Å². The second kappa shape index (κ2) is 3.18. The van der Waals surface area contributed by atoms with Gasteiger partial charge in [0.2, 0.25) is 0 Å². The first-order valence-corrected chi connectivity index (χ1v) is 3.76. The molecular weight excluding hydrogens is 112 g/mol. The zero-order chi connectivity index (χ0) is 6.69. The molecular formula is C7H16N2. The van der Waals surface area contributed by atoms with E-state index in [1.807, 2.05) is 0 Å². The highest BCUT2D eigenvalue weighted by molar-refractivity contribution is 4.76. The predicted molar refractivity (Wildman–Crippen MR) is 39.2 cm³/mol. The minimum Gasteiger partial charge on any atom is -0.329 e. The lowest BCUT2D eigenvalue weighted by atomic mass is 10.3. The zero-order valence-corrected chi connectivity index (χ0v) is 6.06. The summed E-state index contributed by atoms with van der Waals surface area (Å²) in [6, 6.07) is 0.505. The number of nitrogens with one attached hydrogen (secondary N) is 1. The van der Waals surface area contributed by atoms with Gasteiger partial charge in [0.15, 0.2) is 0 Å². The highest BCUT2D eigenvalue weighted by Gasteiger charge is 2.20. The summed E-state index contributed by atoms with van der Waals surface area (Å²) >= 11 is 0. The van der Waals surface area contributed by atoms with Crippen LogP contribution in [0.15, 0.2) is 0 Å². The summed E-state index contributed by atoms with van der Waals surface area (Å²) < 4.78 is 0. The van der Waals surface area contributed by atoms with Crippen LogP contribution in [0, 0.1) is 5.92 Å². The van der Waals surface area contributed by atoms with Crippen LogP contribution < -0.4 is 11.1 Å². The second-order valence-corrected chi connectivity index (χ2v) is 2.99. The molecule has 0 unspecified atom stereocenters. The number of hydrogen-bond acceptors (Lipinski definition) is 2. The molecule has 9 heavy (non-hydrogen) atoms. The van der Waals surface area contributed by atoms with E-state index in [2.05, 4.69) is 12.2 Å². The van der Waals surface area contributed by atoms with Gasteiger partial charge in [0.1, 0.15) is 0 Å². The van der Waals surface area contributed by atoms with Crippen molar-refractivity contribution in [3.63, 3.8) is 0 Å². The lowest BCUT2D eigenvalue weighted by molar-refractivity contribution is 0.535. The molecule has 0 aromatic heterocycles. The van der Waals surface area contributed by atoms with Crippen molar-refractivity contribution in [3.8, 4) is 0 Å². The topological polar surface area (TPSA) is 38.0 Å². The van der Waals surface area contributed by atoms with E-state index in [1.54, 1.807) is 0 Å². The fraction of sp³-hybridized carbons (Fsp3) is 1.00. The van der Waals surface area contributed by atoms with Crippen molar-refractivity contribution in [3.05, 3.63) is 0 Å². The minimum atomic E-state index is 0.505. The molecule has 1 aliphatic carbocycles. The van der Waals surface area contributed by atoms with Gasteiger partial charge in [-0.05, 0) is 32.2 Å². The minimum absolute atomic E-state index is 0.505. The molecule has 1 rings (SSSR count). The van der Waals surface area contributed by atoms with Gasteiger partial charge in [-0.2, -0.15) is 0 Å². The van der Waals surface area contributed by atoms with Crippen LogP contribution in [-0.4, -0.2) is 19.1 Å². The van der Waals surface area contributed by atoms with Crippen LogP contribution in [0.4, 0.5) is 0 Å². The highest BCUT2D eigenvalue weighted by atomic mass is 14.9. The van der Waals surface area contributed by atoms with E-state index < -0.39 is 0 Å². The fourth-order valence-electron chi connectivity index (χ4n) is 0.773. The van der Waals surface area contributed by atoms with Gasteiger partial charge in [0.05, 0.1) is 0 Å². The van der Waals surface area contributed by atoms with Crippen LogP contribution in [0.2, 0.25) is 0 Å². The van der Waals surface area contributed by atoms with Gasteiger partial charge < -0.3 is 11.1 Å². The van der Waals surface area contributed by atoms with Crippen molar-refractivity contribution in [1.82, 2.24) is 5.32 Å². The summed E-state index contributed by atoms with van der Waals surface area (Å²) in [6.07, 6.45) is 2.84. The quantitative estimate of drug-likeness (QED) is 0.572. The molecule has 54 valence electrons. The third kappa shape index (κ3) is 2.82. The second-order valence-electron chi connectivity index (χ2n) is 2.99. The Labute approximate surface area is 56.8 Å². The van der Waals surface area contributed by atoms with Crippen LogP contribution >= 0.6 is 0 Å². The van der Waals surface area contributed by atoms with Crippen molar-refractivity contribution >= 4 is 0 Å². The molecule has 0 saturated heterocycles. The summed E-state index contributed by atoms with van der Waals surface area (Å²) in [5, 5.41) is 3.37. The Bertz CT molecular complexity index is 79.0. The Balaban J connectivity index is 1.90. The summed E-state index contributed by atoms with van der Waals surface area (Å²) in [7, 11) is 0. The Morgan fingerprint density at radius 1 is 1.67 bits per heavy atom. The molecule has 1 fully saturated rings. The molecule has 1 saturated carbocycles. The van der Waals surface area contributed by atoms with Gasteiger partial charge in [-0.15, -0.1) is 0 Å². The van der Waals surface area contributed by atoms with E-state index in [9.17, 15) is 0 Å². The smallest absolute Gasteiger partial charge is 0.0162 e. The molecule has 2 nitrogen and oxygen atoms in total. The van der Waals surface area contributed by atoms with Crippen LogP contribution in [0.3, 0.4) is 0 Å². The van der Waals surface area contributed by atoms with Gasteiger partial charge in [-0.25, -0.2) is 0 Å². The highest BCUT2D eigenvalue weighted by Crippen LogP contribution is 2.27. The maximum atomic E-state index is 5.42. The molecule has 1 atom stereocenters. The predicted octanol–water partition coefficient (Wildman–Crippen LogP) is 0.333. The Kier molecular flexibility index (Phi) is 2.49. The molecule has 0 spiro atoms. The maximum absolute atomic E-state index is 5.42. The normalized spacial score (nSPS) is 22.0. The van der Waals surface area contributed by atoms with Crippen LogP contribution in [0.5, 0.6) is 0 Å². The molecule has 0 bridgehead atoms. The van der Waals surface area contributed by atoms with Crippen LogP contribution in [0.25, 0.3) is 0 Å². The first kappa shape index (κ1) is 7.03. The van der Waals surface area contributed by atoms with Crippen molar-refractivity contribution in [2.45, 2.75) is 25.8 Å². The van der Waals surface area contributed by atoms with Gasteiger partial charge in [-0.3, -0.25) is 0 Å². The van der Waals surface area contributed by atoms with Crippen LogP contribution in [0.1, 0.15) is 19.8 Å². The number of nitrogens with two attached hydrogens (primary N) is 1. The fourth-order valence-corrected chi connectivity index (χ4v) is 0.773. The molecule has 0 heterocycles. The van der Waals surface area contributed by atoms with E-state index in [4.69, 9.17) is 5.73 Å². The monoisotopic (exact) mass is 128 g/mol. The summed E-state index contributed by atoms with van der Waals surface area (Å²) in [6.45, 7) is 4.06. The Morgan fingerprint density at radius 2 is 2.33 bits per heavy atom. The Morgan fingerprint density at radius 3 is 2.78 bits per heavy atom. The third-order valence-corrected chi connectivity index (χ3v) is 1.81. The molecule has 0 amide bonds. The molecule has 2 heteroatoms. The first-order valence-electron chi connectivity index (χ1n) is 3.76. The molecule has 0 aromatic carbocycles. The molecule has 1 aliphatic rings. The SMILES string of the molecule is C[C@@H](CN)NCC1CC1. The van der Waals surface area contributed by atoms with Crippen molar-refractivity contribution in [1.29, 1.82) is 0 Å². The lowest BCUT2D eigenvalue weighted by Gasteiger charge is -2.09. The summed E-state index contributed by atoms with van der Waals surface area (Å²) in [5.41, 5.74) is 5.42. The lowest BCUT2D eigenvalue weighted by Crippen LogP contribution is -2.34. The number of hydrogen-bond donors (Lipinski definition) is 2. The summed E-state index contributed by atoms with van der Waals surface area (Å²) in [4.78, 5) is 0. The molecule has 0 aliphatic heterocycles. The van der Waals surface area contributed by atoms with E-state index in [1.165, 1.54) is 19.4 Å². The maximum Gasteiger partial charge on any atom is 0.0162 e. The van der Waals surface area contributed by atoms with Crippen LogP contribution in [-0.2, 0) is 0 Å². The molecule has 0 aromatic rings. The standard InChI is InChI=1S/C7H16N2/c1-6(4-8)9-5-7-2-3-7/h6-7,9H,2-5,8H2,1H3/t6-/m0/s1. The zero-order valence-electron chi connectivity index (χ0n) is 6.06. The van der Waals surface area contributed by atoms with Gasteiger partial charge in [0, 0.05) is 12.6 Å². The van der Waals surface area contributed by atoms with E-state index in [0.29, 0.717) is 6.04 Å². The van der Waals surface area contributed by atoms with Crippen molar-refractivity contribution < 1.29 is 0 Å². The summed E-state index contributed by atoms with van der Waals surface area (Å²) in [5.74, 6) is 0.971. The van der Waals surface area contributed by atoms with E-state index in [0.717, 1.165) is 12.5 Å². The Hall–Kier alpha value is -0.0800. The van der Waals surface area contributed by atoms with E-state index >= 15 is 0 Å². The van der Waals surface area contributed by atoms with E-state index in [-0.39, 0.29) is 0 Å². The van der Waals surface area contributed by atoms with Gasteiger partial charge in [0.25, 0.3) is 0 Å². The largest absolute Gasteiger partial charge is 0.329 e. The van der Waals surface area contributed by atoms with Gasteiger partial charge in [-0.1, -0.05) is 0 Å². The average Bonchev–Trinajstić information content (AvgIpc) is 2.65.